The molecule has 0 radical (unpaired) electrons. The number of aryl methyl sites for hydroxylation is 1. The summed E-state index contributed by atoms with van der Waals surface area (Å²) in [7, 11) is 1.58. The van der Waals surface area contributed by atoms with E-state index in [2.05, 4.69) is 5.32 Å². The van der Waals surface area contributed by atoms with Crippen molar-refractivity contribution in [1.82, 2.24) is 10.2 Å². The average molecular weight is 276 g/mol. The van der Waals surface area contributed by atoms with Crippen LogP contribution < -0.4 is 10.1 Å². The zero-order valence-corrected chi connectivity index (χ0v) is 11.9. The van der Waals surface area contributed by atoms with E-state index in [1.165, 1.54) is 0 Å². The predicted molar refractivity (Wildman–Crippen MR) is 76.1 cm³/mol. The Hall–Kier alpha value is -1.88. The third-order valence-electron chi connectivity index (χ3n) is 3.48. The van der Waals surface area contributed by atoms with Crippen LogP contribution >= 0.6 is 0 Å². The van der Waals surface area contributed by atoms with Crippen LogP contribution in [0, 0.1) is 6.92 Å². The van der Waals surface area contributed by atoms with E-state index in [0.29, 0.717) is 24.4 Å². The van der Waals surface area contributed by atoms with Crippen molar-refractivity contribution in [3.63, 3.8) is 0 Å². The Balaban J connectivity index is 2.13. The number of amides is 1. The monoisotopic (exact) mass is 276 g/mol. The molecule has 1 heterocycles. The highest BCUT2D eigenvalue weighted by Crippen LogP contribution is 2.19. The van der Waals surface area contributed by atoms with E-state index in [-0.39, 0.29) is 0 Å². The highest BCUT2D eigenvalue weighted by molar-refractivity contribution is 6.42. The molecule has 1 fully saturated rings. The summed E-state index contributed by atoms with van der Waals surface area (Å²) in [5.74, 6) is -0.149. The fraction of sp³-hybridized carbons (Fsp3) is 0.467. The van der Waals surface area contributed by atoms with Crippen molar-refractivity contribution < 1.29 is 14.3 Å². The molecule has 1 aromatic carbocycles. The first kappa shape index (κ1) is 14.5. The van der Waals surface area contributed by atoms with Crippen molar-refractivity contribution in [2.24, 2.45) is 0 Å². The summed E-state index contributed by atoms with van der Waals surface area (Å²) < 4.78 is 5.16. The molecule has 1 aromatic rings. The van der Waals surface area contributed by atoms with Crippen LogP contribution in [0.3, 0.4) is 0 Å². The summed E-state index contributed by atoms with van der Waals surface area (Å²) in [6.45, 7) is 4.70. The van der Waals surface area contributed by atoms with Gasteiger partial charge >= 0.3 is 0 Å². The summed E-state index contributed by atoms with van der Waals surface area (Å²) in [5.41, 5.74) is 1.27. The van der Waals surface area contributed by atoms with Crippen molar-refractivity contribution in [2.75, 3.05) is 33.3 Å². The van der Waals surface area contributed by atoms with Crippen LogP contribution in [0.25, 0.3) is 0 Å². The molecule has 0 bridgehead atoms. The minimum Gasteiger partial charge on any atom is -0.496 e. The van der Waals surface area contributed by atoms with Crippen molar-refractivity contribution in [3.05, 3.63) is 29.3 Å². The Bertz CT molecular complexity index is 506. The first-order valence-electron chi connectivity index (χ1n) is 6.82. The van der Waals surface area contributed by atoms with Crippen LogP contribution in [0.15, 0.2) is 18.2 Å². The summed E-state index contributed by atoms with van der Waals surface area (Å²) >= 11 is 0. The molecular weight excluding hydrogens is 256 g/mol. The lowest BCUT2D eigenvalue weighted by Crippen LogP contribution is -2.38. The lowest BCUT2D eigenvalue weighted by molar-refractivity contribution is -0.126. The lowest BCUT2D eigenvalue weighted by Gasteiger charge is -2.19. The van der Waals surface area contributed by atoms with Gasteiger partial charge < -0.3 is 15.0 Å². The smallest absolute Gasteiger partial charge is 0.295 e. The Morgan fingerprint density at radius 2 is 2.05 bits per heavy atom. The van der Waals surface area contributed by atoms with Crippen molar-refractivity contribution in [2.45, 2.75) is 13.3 Å². The third-order valence-corrected chi connectivity index (χ3v) is 3.48. The standard InChI is InChI=1S/C15H20N2O3/c1-11-10-12(4-5-13(11)20-2)14(18)15(19)17-8-3-6-16-7-9-17/h4-5,10,16H,3,6-9H2,1-2H3. The molecule has 0 spiro atoms. The number of carbonyl (C=O) groups excluding carboxylic acids is 2. The molecule has 1 aliphatic heterocycles. The van der Waals surface area contributed by atoms with Crippen LogP contribution in [0.4, 0.5) is 0 Å². The molecule has 1 aliphatic rings. The molecule has 108 valence electrons. The minimum atomic E-state index is -0.447. The number of Topliss-reactive ketones (excluding diaryl/α,β-unsaturated/α-hetero) is 1. The van der Waals surface area contributed by atoms with Gasteiger partial charge in [-0.3, -0.25) is 9.59 Å². The molecule has 20 heavy (non-hydrogen) atoms. The predicted octanol–water partition coefficient (Wildman–Crippen LogP) is 1.01. The zero-order chi connectivity index (χ0) is 14.5. The second-order valence-corrected chi connectivity index (χ2v) is 4.91. The summed E-state index contributed by atoms with van der Waals surface area (Å²) in [6, 6.07) is 5.07. The molecule has 5 heteroatoms. The van der Waals surface area contributed by atoms with E-state index in [4.69, 9.17) is 4.74 Å². The zero-order valence-electron chi connectivity index (χ0n) is 11.9. The molecular formula is C15H20N2O3. The Morgan fingerprint density at radius 1 is 1.25 bits per heavy atom. The highest BCUT2D eigenvalue weighted by Gasteiger charge is 2.24. The number of rotatable bonds is 3. The summed E-state index contributed by atoms with van der Waals surface area (Å²) in [4.78, 5) is 26.1. The number of nitrogens with zero attached hydrogens (tertiary/aromatic N) is 1. The second kappa shape index (κ2) is 6.52. The van der Waals surface area contributed by atoms with Crippen LogP contribution in [0.1, 0.15) is 22.3 Å². The van der Waals surface area contributed by atoms with Crippen LogP contribution in [0.2, 0.25) is 0 Å². The Labute approximate surface area is 118 Å². The molecule has 0 atom stereocenters. The van der Waals surface area contributed by atoms with Crippen molar-refractivity contribution >= 4 is 11.7 Å². The minimum absolute atomic E-state index is 0.418. The Morgan fingerprint density at radius 3 is 2.75 bits per heavy atom. The maximum Gasteiger partial charge on any atom is 0.295 e. The van der Waals surface area contributed by atoms with Gasteiger partial charge in [0.2, 0.25) is 5.78 Å². The van der Waals surface area contributed by atoms with E-state index >= 15 is 0 Å². The van der Waals surface area contributed by atoms with Gasteiger partial charge in [-0.1, -0.05) is 0 Å². The number of benzene rings is 1. The molecule has 0 saturated carbocycles. The fourth-order valence-corrected chi connectivity index (χ4v) is 2.34. The van der Waals surface area contributed by atoms with Gasteiger partial charge in [-0.05, 0) is 43.7 Å². The first-order valence-corrected chi connectivity index (χ1v) is 6.82. The number of methoxy groups -OCH3 is 1. The topological polar surface area (TPSA) is 58.6 Å². The molecule has 2 rings (SSSR count). The quantitative estimate of drug-likeness (QED) is 0.661. The van der Waals surface area contributed by atoms with Gasteiger partial charge in [-0.2, -0.15) is 0 Å². The number of nitrogens with one attached hydrogen (secondary N) is 1. The van der Waals surface area contributed by atoms with E-state index in [9.17, 15) is 9.59 Å². The number of hydrogen-bond acceptors (Lipinski definition) is 4. The number of carbonyl (C=O) groups is 2. The molecule has 5 nitrogen and oxygen atoms in total. The SMILES string of the molecule is COc1ccc(C(=O)C(=O)N2CCCNCC2)cc1C. The van der Waals surface area contributed by atoms with Gasteiger partial charge in [0.15, 0.2) is 0 Å². The van der Waals surface area contributed by atoms with E-state index < -0.39 is 11.7 Å². The normalized spacial score (nSPS) is 15.6. The van der Waals surface area contributed by atoms with Crippen LogP contribution in [-0.2, 0) is 4.79 Å². The van der Waals surface area contributed by atoms with Gasteiger partial charge in [-0.15, -0.1) is 0 Å². The largest absolute Gasteiger partial charge is 0.496 e. The van der Waals surface area contributed by atoms with Gasteiger partial charge in [0.1, 0.15) is 5.75 Å². The van der Waals surface area contributed by atoms with Gasteiger partial charge in [0.05, 0.1) is 7.11 Å². The summed E-state index contributed by atoms with van der Waals surface area (Å²) in [6.07, 6.45) is 0.876. The number of ether oxygens (including phenoxy) is 1. The lowest BCUT2D eigenvalue weighted by atomic mass is 10.1. The molecule has 1 amide bonds. The second-order valence-electron chi connectivity index (χ2n) is 4.91. The van der Waals surface area contributed by atoms with Crippen molar-refractivity contribution in [1.29, 1.82) is 0 Å². The Kier molecular flexibility index (Phi) is 4.74. The summed E-state index contributed by atoms with van der Waals surface area (Å²) in [5, 5.41) is 3.21. The number of ketones is 1. The molecule has 1 N–H and O–H groups in total. The fourth-order valence-electron chi connectivity index (χ4n) is 2.34. The molecule has 0 aromatic heterocycles. The van der Waals surface area contributed by atoms with Crippen molar-refractivity contribution in [3.8, 4) is 5.75 Å². The van der Waals surface area contributed by atoms with Gasteiger partial charge in [-0.25, -0.2) is 0 Å². The van der Waals surface area contributed by atoms with E-state index in [0.717, 1.165) is 25.1 Å². The molecule has 0 aliphatic carbocycles. The van der Waals surface area contributed by atoms with Gasteiger partial charge in [0, 0.05) is 25.2 Å². The van der Waals surface area contributed by atoms with Gasteiger partial charge in [0.25, 0.3) is 5.91 Å². The van der Waals surface area contributed by atoms with E-state index in [1.54, 1.807) is 30.2 Å². The molecule has 1 saturated heterocycles. The van der Waals surface area contributed by atoms with E-state index in [1.807, 2.05) is 6.92 Å². The first-order chi connectivity index (χ1) is 9.63. The average Bonchev–Trinajstić information content (AvgIpc) is 2.74. The maximum atomic E-state index is 12.3. The van der Waals surface area contributed by atoms with Crippen LogP contribution in [-0.4, -0.2) is 49.9 Å². The molecule has 0 unspecified atom stereocenters. The maximum absolute atomic E-state index is 12.3. The highest BCUT2D eigenvalue weighted by atomic mass is 16.5. The number of hydrogen-bond donors (Lipinski definition) is 1. The third kappa shape index (κ3) is 3.17. The van der Waals surface area contributed by atoms with Crippen LogP contribution in [0.5, 0.6) is 5.75 Å².